The molecular weight excluding hydrogens is 226 g/mol. The number of hydrogen-bond donors (Lipinski definition) is 3. The summed E-state index contributed by atoms with van der Waals surface area (Å²) in [5.41, 5.74) is 0.656. The summed E-state index contributed by atoms with van der Waals surface area (Å²) < 4.78 is 25.8. The molecule has 0 atom stereocenters. The van der Waals surface area contributed by atoms with Gasteiger partial charge >= 0.3 is 0 Å². The van der Waals surface area contributed by atoms with Crippen LogP contribution in [0.4, 0.5) is 5.69 Å². The van der Waals surface area contributed by atoms with Crippen molar-refractivity contribution in [2.75, 3.05) is 25.5 Å². The molecule has 1 saturated heterocycles. The van der Waals surface area contributed by atoms with Crippen LogP contribution in [0.1, 0.15) is 0 Å². The standard InChI is InChI=1S/C10H15N3O2S/c1-11-16(14,15)10-5-3-2-4-9(10)13-8-6-12-7-8/h2-5,8,11-13H,6-7H2,1H3. The third kappa shape index (κ3) is 2.18. The predicted molar refractivity (Wildman–Crippen MR) is 63.0 cm³/mol. The van der Waals surface area contributed by atoms with E-state index in [0.29, 0.717) is 16.6 Å². The van der Waals surface area contributed by atoms with E-state index in [0.717, 1.165) is 13.1 Å². The maximum atomic E-state index is 11.7. The second-order valence-corrected chi connectivity index (χ2v) is 5.56. The molecule has 0 amide bonds. The lowest BCUT2D eigenvalue weighted by Gasteiger charge is -2.29. The molecule has 0 aromatic heterocycles. The van der Waals surface area contributed by atoms with Gasteiger partial charge in [-0.1, -0.05) is 12.1 Å². The lowest BCUT2D eigenvalue weighted by atomic mass is 10.1. The summed E-state index contributed by atoms with van der Waals surface area (Å²) in [4.78, 5) is 0.296. The Morgan fingerprint density at radius 3 is 2.56 bits per heavy atom. The van der Waals surface area contributed by atoms with Crippen LogP contribution in [0.15, 0.2) is 29.2 Å². The van der Waals surface area contributed by atoms with Gasteiger partial charge in [0.2, 0.25) is 10.0 Å². The van der Waals surface area contributed by atoms with Crippen LogP contribution in [-0.4, -0.2) is 34.6 Å². The minimum absolute atomic E-state index is 0.296. The van der Waals surface area contributed by atoms with Crippen LogP contribution in [0.3, 0.4) is 0 Å². The predicted octanol–water partition coefficient (Wildman–Crippen LogP) is -0.0216. The molecule has 0 bridgehead atoms. The van der Waals surface area contributed by atoms with E-state index in [-0.39, 0.29) is 0 Å². The van der Waals surface area contributed by atoms with E-state index in [1.54, 1.807) is 18.2 Å². The molecule has 1 aliphatic rings. The number of nitrogens with one attached hydrogen (secondary N) is 3. The third-order valence-electron chi connectivity index (χ3n) is 2.59. The van der Waals surface area contributed by atoms with Gasteiger partial charge in [0.25, 0.3) is 0 Å². The second kappa shape index (κ2) is 4.40. The smallest absolute Gasteiger partial charge is 0.242 e. The largest absolute Gasteiger partial charge is 0.379 e. The molecule has 1 aromatic carbocycles. The first kappa shape index (κ1) is 11.4. The van der Waals surface area contributed by atoms with Gasteiger partial charge in [-0.3, -0.25) is 0 Å². The molecule has 0 spiro atoms. The lowest BCUT2D eigenvalue weighted by molar-refractivity contribution is 0.471. The molecule has 1 aromatic rings. The van der Waals surface area contributed by atoms with Crippen molar-refractivity contribution in [2.24, 2.45) is 0 Å². The molecule has 0 saturated carbocycles. The van der Waals surface area contributed by atoms with Crippen molar-refractivity contribution in [1.29, 1.82) is 0 Å². The lowest BCUT2D eigenvalue weighted by Crippen LogP contribution is -2.51. The molecule has 0 radical (unpaired) electrons. The fraction of sp³-hybridized carbons (Fsp3) is 0.400. The second-order valence-electron chi connectivity index (χ2n) is 3.70. The Labute approximate surface area is 95.3 Å². The number of sulfonamides is 1. The van der Waals surface area contributed by atoms with E-state index >= 15 is 0 Å². The van der Waals surface area contributed by atoms with Crippen LogP contribution in [0.2, 0.25) is 0 Å². The Hall–Kier alpha value is -1.11. The fourth-order valence-corrected chi connectivity index (χ4v) is 2.43. The van der Waals surface area contributed by atoms with Gasteiger partial charge in [-0.2, -0.15) is 0 Å². The van der Waals surface area contributed by atoms with Crippen LogP contribution in [0.5, 0.6) is 0 Å². The first-order chi connectivity index (χ1) is 7.63. The number of para-hydroxylation sites is 1. The maximum absolute atomic E-state index is 11.7. The number of hydrogen-bond acceptors (Lipinski definition) is 4. The summed E-state index contributed by atoms with van der Waals surface area (Å²) in [7, 11) is -1.98. The van der Waals surface area contributed by atoms with Gasteiger partial charge in [-0.05, 0) is 19.2 Å². The SMILES string of the molecule is CNS(=O)(=O)c1ccccc1NC1CNC1. The molecule has 2 rings (SSSR count). The maximum Gasteiger partial charge on any atom is 0.242 e. The zero-order valence-electron chi connectivity index (χ0n) is 9.03. The van der Waals surface area contributed by atoms with Crippen molar-refractivity contribution < 1.29 is 8.42 Å². The normalized spacial score (nSPS) is 16.8. The van der Waals surface area contributed by atoms with Crippen LogP contribution >= 0.6 is 0 Å². The Balaban J connectivity index is 2.29. The Morgan fingerprint density at radius 1 is 1.31 bits per heavy atom. The van der Waals surface area contributed by atoms with E-state index < -0.39 is 10.0 Å². The highest BCUT2D eigenvalue weighted by atomic mass is 32.2. The van der Waals surface area contributed by atoms with Gasteiger partial charge in [-0.15, -0.1) is 0 Å². The van der Waals surface area contributed by atoms with Gasteiger partial charge in [-0.25, -0.2) is 13.1 Å². The quantitative estimate of drug-likeness (QED) is 0.693. The van der Waals surface area contributed by atoms with E-state index in [1.807, 2.05) is 6.07 Å². The summed E-state index contributed by atoms with van der Waals surface area (Å²) in [5.74, 6) is 0. The van der Waals surface area contributed by atoms with Crippen molar-refractivity contribution in [3.63, 3.8) is 0 Å². The Kier molecular flexibility index (Phi) is 3.13. The minimum atomic E-state index is -3.39. The van der Waals surface area contributed by atoms with Gasteiger partial charge < -0.3 is 10.6 Å². The molecule has 1 aliphatic heterocycles. The number of benzene rings is 1. The molecule has 88 valence electrons. The highest BCUT2D eigenvalue weighted by Gasteiger charge is 2.21. The molecule has 3 N–H and O–H groups in total. The van der Waals surface area contributed by atoms with Crippen LogP contribution < -0.4 is 15.4 Å². The van der Waals surface area contributed by atoms with Gasteiger partial charge in [0.15, 0.2) is 0 Å². The molecule has 0 unspecified atom stereocenters. The molecular formula is C10H15N3O2S. The highest BCUT2D eigenvalue weighted by Crippen LogP contribution is 2.21. The van der Waals surface area contributed by atoms with E-state index in [2.05, 4.69) is 15.4 Å². The molecule has 16 heavy (non-hydrogen) atoms. The minimum Gasteiger partial charge on any atom is -0.379 e. The van der Waals surface area contributed by atoms with E-state index in [4.69, 9.17) is 0 Å². The monoisotopic (exact) mass is 241 g/mol. The molecule has 0 aliphatic carbocycles. The van der Waals surface area contributed by atoms with Crippen LogP contribution in [0, 0.1) is 0 Å². The van der Waals surface area contributed by atoms with Crippen molar-refractivity contribution in [3.8, 4) is 0 Å². The number of rotatable bonds is 4. The first-order valence-electron chi connectivity index (χ1n) is 5.13. The zero-order chi connectivity index (χ0) is 11.6. The van der Waals surface area contributed by atoms with Crippen molar-refractivity contribution >= 4 is 15.7 Å². The summed E-state index contributed by atoms with van der Waals surface area (Å²) >= 11 is 0. The summed E-state index contributed by atoms with van der Waals surface area (Å²) in [6.07, 6.45) is 0. The van der Waals surface area contributed by atoms with E-state index in [1.165, 1.54) is 7.05 Å². The summed E-state index contributed by atoms with van der Waals surface area (Å²) in [6, 6.07) is 7.23. The average molecular weight is 241 g/mol. The van der Waals surface area contributed by atoms with Crippen molar-refractivity contribution in [2.45, 2.75) is 10.9 Å². The van der Waals surface area contributed by atoms with Crippen LogP contribution in [0.25, 0.3) is 0 Å². The fourth-order valence-electron chi connectivity index (χ4n) is 1.54. The Morgan fingerprint density at radius 2 is 2.00 bits per heavy atom. The van der Waals surface area contributed by atoms with Gasteiger partial charge in [0.05, 0.1) is 11.7 Å². The summed E-state index contributed by atoms with van der Waals surface area (Å²) in [6.45, 7) is 1.74. The van der Waals surface area contributed by atoms with Crippen molar-refractivity contribution in [1.82, 2.24) is 10.0 Å². The number of anilines is 1. The third-order valence-corrected chi connectivity index (χ3v) is 4.06. The molecule has 6 heteroatoms. The first-order valence-corrected chi connectivity index (χ1v) is 6.61. The van der Waals surface area contributed by atoms with E-state index in [9.17, 15) is 8.42 Å². The van der Waals surface area contributed by atoms with Crippen molar-refractivity contribution in [3.05, 3.63) is 24.3 Å². The topological polar surface area (TPSA) is 70.2 Å². The molecule has 1 fully saturated rings. The highest BCUT2D eigenvalue weighted by molar-refractivity contribution is 7.89. The van der Waals surface area contributed by atoms with Gasteiger partial charge in [0, 0.05) is 13.1 Å². The molecule has 1 heterocycles. The average Bonchev–Trinajstić information content (AvgIpc) is 2.24. The Bertz CT molecular complexity index is 469. The van der Waals surface area contributed by atoms with Crippen LogP contribution in [-0.2, 0) is 10.0 Å². The zero-order valence-corrected chi connectivity index (χ0v) is 9.84. The summed E-state index contributed by atoms with van der Waals surface area (Å²) in [5, 5.41) is 6.33. The van der Waals surface area contributed by atoms with Gasteiger partial charge in [0.1, 0.15) is 4.90 Å². The molecule has 5 nitrogen and oxygen atoms in total.